The first-order valence-corrected chi connectivity index (χ1v) is 6.21. The van der Waals surface area contributed by atoms with Crippen molar-refractivity contribution in [2.24, 2.45) is 0 Å². The van der Waals surface area contributed by atoms with Gasteiger partial charge in [-0.25, -0.2) is 0 Å². The second-order valence-corrected chi connectivity index (χ2v) is 4.16. The first-order valence-electron chi connectivity index (χ1n) is 6.21. The smallest absolute Gasteiger partial charge is 0.326 e. The predicted octanol–water partition coefficient (Wildman–Crippen LogP) is -0.255. The van der Waals surface area contributed by atoms with Crippen molar-refractivity contribution in [2.45, 2.75) is 12.5 Å². The van der Waals surface area contributed by atoms with Crippen LogP contribution in [0, 0.1) is 0 Å². The van der Waals surface area contributed by atoms with Crippen molar-refractivity contribution in [3.8, 4) is 0 Å². The Balaban J connectivity index is 3.38. The minimum atomic E-state index is -1.07. The maximum atomic E-state index is 10.9. The zero-order chi connectivity index (χ0) is 14.6. The molecule has 0 saturated heterocycles. The van der Waals surface area contributed by atoms with Gasteiger partial charge in [0.05, 0.1) is 46.2 Å². The molecule has 0 bridgehead atoms. The Labute approximate surface area is 114 Å². The third-order valence-corrected chi connectivity index (χ3v) is 2.59. The fraction of sp³-hybridized carbons (Fsp3) is 0.917. The number of rotatable bonds is 13. The molecule has 19 heavy (non-hydrogen) atoms. The number of likely N-dealkylation sites (N-methyl/N-ethyl adjacent to an activating group) is 1. The Hall–Kier alpha value is -0.730. The third kappa shape index (κ3) is 8.90. The van der Waals surface area contributed by atoms with E-state index in [9.17, 15) is 4.79 Å². The summed E-state index contributed by atoms with van der Waals surface area (Å²) in [4.78, 5) is 10.9. The fourth-order valence-corrected chi connectivity index (χ4v) is 1.10. The van der Waals surface area contributed by atoms with E-state index in [0.29, 0.717) is 39.6 Å². The lowest BCUT2D eigenvalue weighted by Gasteiger charge is -2.23. The zero-order valence-corrected chi connectivity index (χ0v) is 11.9. The number of methoxy groups -OCH3 is 1. The second kappa shape index (κ2) is 11.1. The van der Waals surface area contributed by atoms with E-state index >= 15 is 0 Å². The summed E-state index contributed by atoms with van der Waals surface area (Å²) in [5, 5.41) is 11.7. The molecule has 0 amide bonds. The van der Waals surface area contributed by atoms with Gasteiger partial charge in [-0.1, -0.05) is 0 Å². The largest absolute Gasteiger partial charge is 0.480 e. The Morgan fingerprint density at radius 1 is 1.05 bits per heavy atom. The fourth-order valence-electron chi connectivity index (χ4n) is 1.10. The minimum Gasteiger partial charge on any atom is -0.480 e. The number of ether oxygens (including phenoxy) is 4. The van der Waals surface area contributed by atoms with Gasteiger partial charge in [-0.2, -0.15) is 0 Å². The van der Waals surface area contributed by atoms with Crippen LogP contribution < -0.4 is 5.32 Å². The lowest BCUT2D eigenvalue weighted by Crippen LogP contribution is -2.51. The van der Waals surface area contributed by atoms with Crippen LogP contribution >= 0.6 is 0 Å². The average Bonchev–Trinajstić information content (AvgIpc) is 2.40. The van der Waals surface area contributed by atoms with Crippen molar-refractivity contribution in [2.75, 3.05) is 60.4 Å². The van der Waals surface area contributed by atoms with Crippen molar-refractivity contribution < 1.29 is 28.8 Å². The number of carboxylic acids is 1. The van der Waals surface area contributed by atoms with Crippen molar-refractivity contribution in [3.05, 3.63) is 0 Å². The molecule has 2 N–H and O–H groups in total. The SMILES string of the molecule is CNC(C)(COCCOCCOCCOC)C(=O)O. The standard InChI is InChI=1S/C12H25NO6/c1-12(13-2,11(14)15)10-19-9-8-18-7-6-17-5-4-16-3/h13H,4-10H2,1-3H3,(H,14,15). The summed E-state index contributed by atoms with van der Waals surface area (Å²) in [5.41, 5.74) is -1.07. The molecular weight excluding hydrogens is 254 g/mol. The molecule has 7 nitrogen and oxygen atoms in total. The van der Waals surface area contributed by atoms with Crippen LogP contribution in [0.5, 0.6) is 0 Å². The van der Waals surface area contributed by atoms with E-state index in [4.69, 9.17) is 24.1 Å². The van der Waals surface area contributed by atoms with Crippen LogP contribution in [0.3, 0.4) is 0 Å². The van der Waals surface area contributed by atoms with E-state index in [2.05, 4.69) is 5.32 Å². The Morgan fingerprint density at radius 2 is 1.53 bits per heavy atom. The summed E-state index contributed by atoms with van der Waals surface area (Å²) in [6.45, 7) is 4.53. The van der Waals surface area contributed by atoms with E-state index in [0.717, 1.165) is 0 Å². The minimum absolute atomic E-state index is 0.0898. The molecule has 0 aromatic heterocycles. The van der Waals surface area contributed by atoms with Crippen LogP contribution in [0.2, 0.25) is 0 Å². The van der Waals surface area contributed by atoms with Crippen LogP contribution in [0.1, 0.15) is 6.92 Å². The van der Waals surface area contributed by atoms with Crippen molar-refractivity contribution in [1.82, 2.24) is 5.32 Å². The van der Waals surface area contributed by atoms with Gasteiger partial charge >= 0.3 is 5.97 Å². The van der Waals surface area contributed by atoms with Crippen molar-refractivity contribution in [3.63, 3.8) is 0 Å². The molecule has 0 heterocycles. The summed E-state index contributed by atoms with van der Waals surface area (Å²) in [6, 6.07) is 0. The number of nitrogens with one attached hydrogen (secondary N) is 1. The normalized spacial score (nSPS) is 14.3. The van der Waals surface area contributed by atoms with Gasteiger partial charge in [-0.15, -0.1) is 0 Å². The van der Waals surface area contributed by atoms with Gasteiger partial charge < -0.3 is 29.4 Å². The lowest BCUT2D eigenvalue weighted by molar-refractivity contribution is -0.146. The summed E-state index contributed by atoms with van der Waals surface area (Å²) in [7, 11) is 3.21. The number of carboxylic acid groups (broad SMARTS) is 1. The van der Waals surface area contributed by atoms with Crippen molar-refractivity contribution >= 4 is 5.97 Å². The van der Waals surface area contributed by atoms with Crippen molar-refractivity contribution in [1.29, 1.82) is 0 Å². The average molecular weight is 279 g/mol. The Morgan fingerprint density at radius 3 is 1.95 bits per heavy atom. The highest BCUT2D eigenvalue weighted by molar-refractivity contribution is 5.78. The highest BCUT2D eigenvalue weighted by atomic mass is 16.6. The van der Waals surface area contributed by atoms with Crippen LogP contribution in [0.15, 0.2) is 0 Å². The van der Waals surface area contributed by atoms with E-state index in [1.807, 2.05) is 0 Å². The van der Waals surface area contributed by atoms with Gasteiger partial charge in [0.2, 0.25) is 0 Å². The highest BCUT2D eigenvalue weighted by Crippen LogP contribution is 2.03. The molecule has 0 saturated carbocycles. The molecule has 0 aliphatic carbocycles. The molecule has 0 aromatic carbocycles. The van der Waals surface area contributed by atoms with Crippen LogP contribution in [-0.2, 0) is 23.7 Å². The molecule has 114 valence electrons. The highest BCUT2D eigenvalue weighted by Gasteiger charge is 2.31. The molecule has 0 spiro atoms. The Kier molecular flexibility index (Phi) is 10.7. The summed E-state index contributed by atoms with van der Waals surface area (Å²) in [6.07, 6.45) is 0. The second-order valence-electron chi connectivity index (χ2n) is 4.16. The van der Waals surface area contributed by atoms with Gasteiger partial charge in [0, 0.05) is 7.11 Å². The summed E-state index contributed by atoms with van der Waals surface area (Å²) >= 11 is 0. The van der Waals surface area contributed by atoms with E-state index < -0.39 is 11.5 Å². The molecule has 0 radical (unpaired) electrons. The van der Waals surface area contributed by atoms with Crippen LogP contribution in [0.4, 0.5) is 0 Å². The van der Waals surface area contributed by atoms with Crippen LogP contribution in [0.25, 0.3) is 0 Å². The molecule has 0 aliphatic heterocycles. The third-order valence-electron chi connectivity index (χ3n) is 2.59. The number of hydrogen-bond acceptors (Lipinski definition) is 6. The monoisotopic (exact) mass is 279 g/mol. The number of hydrogen-bond donors (Lipinski definition) is 2. The van der Waals surface area contributed by atoms with E-state index in [-0.39, 0.29) is 6.61 Å². The summed E-state index contributed by atoms with van der Waals surface area (Å²) < 4.78 is 20.6. The van der Waals surface area contributed by atoms with Gasteiger partial charge in [-0.05, 0) is 14.0 Å². The molecule has 1 unspecified atom stereocenters. The lowest BCUT2D eigenvalue weighted by atomic mass is 10.1. The Bertz CT molecular complexity index is 238. The maximum absolute atomic E-state index is 10.9. The van der Waals surface area contributed by atoms with E-state index in [1.54, 1.807) is 21.1 Å². The van der Waals surface area contributed by atoms with Gasteiger partial charge in [0.25, 0.3) is 0 Å². The zero-order valence-electron chi connectivity index (χ0n) is 11.9. The topological polar surface area (TPSA) is 86.3 Å². The molecule has 0 rings (SSSR count). The molecule has 7 heteroatoms. The molecule has 0 fully saturated rings. The summed E-state index contributed by atoms with van der Waals surface area (Å²) in [5.74, 6) is -0.942. The van der Waals surface area contributed by atoms with Crippen LogP contribution in [-0.4, -0.2) is 77.0 Å². The van der Waals surface area contributed by atoms with Gasteiger partial charge in [0.15, 0.2) is 0 Å². The number of aliphatic carboxylic acids is 1. The predicted molar refractivity (Wildman–Crippen MR) is 69.4 cm³/mol. The molecule has 0 aliphatic rings. The molecule has 0 aromatic rings. The van der Waals surface area contributed by atoms with E-state index in [1.165, 1.54) is 0 Å². The molecular formula is C12H25NO6. The first kappa shape index (κ1) is 18.3. The van der Waals surface area contributed by atoms with Gasteiger partial charge in [-0.3, -0.25) is 4.79 Å². The quantitative estimate of drug-likeness (QED) is 0.449. The molecule has 1 atom stereocenters. The first-order chi connectivity index (χ1) is 9.06. The number of carbonyl (C=O) groups is 1. The van der Waals surface area contributed by atoms with Gasteiger partial charge in [0.1, 0.15) is 5.54 Å². The maximum Gasteiger partial charge on any atom is 0.326 e.